The first-order valence-electron chi connectivity index (χ1n) is 6.72. The molecule has 0 aromatic carbocycles. The van der Waals surface area contributed by atoms with E-state index in [9.17, 15) is 4.79 Å². The first-order valence-corrected chi connectivity index (χ1v) is 7.10. The summed E-state index contributed by atoms with van der Waals surface area (Å²) in [4.78, 5) is 12.1. The predicted octanol–water partition coefficient (Wildman–Crippen LogP) is 2.99. The second kappa shape index (κ2) is 6.13. The lowest BCUT2D eigenvalue weighted by atomic mass is 10.3. The zero-order valence-electron chi connectivity index (χ0n) is 12.0. The van der Waals surface area contributed by atoms with E-state index in [1.807, 2.05) is 30.7 Å². The van der Waals surface area contributed by atoms with E-state index >= 15 is 0 Å². The van der Waals surface area contributed by atoms with Crippen LogP contribution in [0.5, 0.6) is 0 Å². The van der Waals surface area contributed by atoms with Gasteiger partial charge in [0.1, 0.15) is 5.02 Å². The maximum Gasteiger partial charge on any atom is 0.287 e. The molecule has 108 valence electrons. The molecule has 2 aromatic heterocycles. The van der Waals surface area contributed by atoms with Crippen LogP contribution < -0.4 is 11.0 Å². The monoisotopic (exact) mass is 294 g/mol. The molecule has 5 nitrogen and oxygen atoms in total. The van der Waals surface area contributed by atoms with Crippen LogP contribution in [0, 0.1) is 13.8 Å². The van der Waals surface area contributed by atoms with E-state index in [-0.39, 0.29) is 10.6 Å². The summed E-state index contributed by atoms with van der Waals surface area (Å²) in [6.07, 6.45) is 3.51. The molecule has 0 radical (unpaired) electrons. The molecule has 20 heavy (non-hydrogen) atoms. The van der Waals surface area contributed by atoms with Crippen molar-refractivity contribution in [3.8, 4) is 0 Å². The van der Waals surface area contributed by atoms with Gasteiger partial charge in [-0.2, -0.15) is 5.10 Å². The fraction of sp³-hybridized carbons (Fsp3) is 0.429. The van der Waals surface area contributed by atoms with E-state index in [0.717, 1.165) is 24.2 Å². The zero-order chi connectivity index (χ0) is 14.7. The summed E-state index contributed by atoms with van der Waals surface area (Å²) >= 11 is 6.15. The van der Waals surface area contributed by atoms with Crippen LogP contribution in [0.1, 0.15) is 31.2 Å². The Kier molecular flexibility index (Phi) is 4.49. The van der Waals surface area contributed by atoms with Gasteiger partial charge in [0.2, 0.25) is 0 Å². The first kappa shape index (κ1) is 14.7. The van der Waals surface area contributed by atoms with Gasteiger partial charge in [0.05, 0.1) is 11.9 Å². The van der Waals surface area contributed by atoms with Crippen molar-refractivity contribution in [3.05, 3.63) is 45.1 Å². The summed E-state index contributed by atoms with van der Waals surface area (Å²) in [7, 11) is 0. The topological polar surface area (TPSA) is 51.9 Å². The third-order valence-corrected chi connectivity index (χ3v) is 3.58. The maximum atomic E-state index is 12.1. The largest absolute Gasteiger partial charge is 0.291 e. The molecule has 2 aromatic rings. The summed E-state index contributed by atoms with van der Waals surface area (Å²) in [5, 5.41) is 4.33. The van der Waals surface area contributed by atoms with Crippen LogP contribution >= 0.6 is 11.6 Å². The maximum absolute atomic E-state index is 12.1. The molecule has 0 bridgehead atoms. The Morgan fingerprint density at radius 1 is 1.30 bits per heavy atom. The summed E-state index contributed by atoms with van der Waals surface area (Å²) < 4.78 is 3.28. The number of anilines is 1. The molecular weight excluding hydrogens is 276 g/mol. The molecule has 0 saturated carbocycles. The van der Waals surface area contributed by atoms with Gasteiger partial charge < -0.3 is 0 Å². The Morgan fingerprint density at radius 2 is 1.95 bits per heavy atom. The van der Waals surface area contributed by atoms with Gasteiger partial charge >= 0.3 is 0 Å². The van der Waals surface area contributed by atoms with Crippen molar-refractivity contribution in [2.24, 2.45) is 0 Å². The van der Waals surface area contributed by atoms with E-state index in [0.29, 0.717) is 12.2 Å². The van der Waals surface area contributed by atoms with E-state index < -0.39 is 0 Å². The first-order chi connectivity index (χ1) is 9.54. The van der Waals surface area contributed by atoms with E-state index in [1.165, 1.54) is 4.68 Å². The lowest BCUT2D eigenvalue weighted by molar-refractivity contribution is 0.543. The number of aromatic nitrogens is 3. The second-order valence-corrected chi connectivity index (χ2v) is 5.20. The minimum atomic E-state index is -0.257. The third kappa shape index (κ3) is 2.88. The summed E-state index contributed by atoms with van der Waals surface area (Å²) in [5.74, 6) is 0. The van der Waals surface area contributed by atoms with Crippen LogP contribution in [-0.2, 0) is 6.54 Å². The van der Waals surface area contributed by atoms with Gasteiger partial charge in [0.25, 0.3) is 5.56 Å². The Hall–Kier alpha value is -1.75. The van der Waals surface area contributed by atoms with Crippen molar-refractivity contribution in [2.75, 3.05) is 5.43 Å². The molecular formula is C14H19ClN4O. The number of nitrogens with zero attached hydrogens (tertiary/aromatic N) is 3. The highest BCUT2D eigenvalue weighted by Gasteiger charge is 2.10. The van der Waals surface area contributed by atoms with Crippen molar-refractivity contribution in [3.63, 3.8) is 0 Å². The van der Waals surface area contributed by atoms with E-state index in [1.54, 1.807) is 6.20 Å². The molecule has 2 rings (SSSR count). The number of rotatable bonds is 5. The summed E-state index contributed by atoms with van der Waals surface area (Å²) in [5.41, 5.74) is 5.46. The highest BCUT2D eigenvalue weighted by atomic mass is 35.5. The lowest BCUT2D eigenvalue weighted by Crippen LogP contribution is -2.25. The molecule has 6 heteroatoms. The molecule has 1 N–H and O–H groups in total. The third-order valence-electron chi connectivity index (χ3n) is 3.21. The van der Waals surface area contributed by atoms with Crippen molar-refractivity contribution in [1.29, 1.82) is 0 Å². The smallest absolute Gasteiger partial charge is 0.287 e. The van der Waals surface area contributed by atoms with Crippen LogP contribution in [0.15, 0.2) is 23.1 Å². The Bertz CT molecular complexity index is 640. The summed E-state index contributed by atoms with van der Waals surface area (Å²) in [6, 6.07) is 3.98. The average Bonchev–Trinajstić information content (AvgIpc) is 2.74. The molecule has 0 aliphatic heterocycles. The number of nitrogens with one attached hydrogen (secondary N) is 1. The van der Waals surface area contributed by atoms with Crippen LogP contribution in [0.25, 0.3) is 0 Å². The number of unbranched alkanes of at least 4 members (excludes halogenated alkanes) is 1. The summed E-state index contributed by atoms with van der Waals surface area (Å²) in [6.45, 7) is 6.62. The molecule has 0 amide bonds. The van der Waals surface area contributed by atoms with Gasteiger partial charge in [-0.3, -0.25) is 14.9 Å². The second-order valence-electron chi connectivity index (χ2n) is 4.82. The molecule has 0 aliphatic rings. The normalized spacial score (nSPS) is 10.8. The van der Waals surface area contributed by atoms with Gasteiger partial charge in [-0.05, 0) is 32.4 Å². The van der Waals surface area contributed by atoms with Gasteiger partial charge in [-0.25, -0.2) is 4.68 Å². The Labute approximate surface area is 123 Å². The Balaban J connectivity index is 2.30. The fourth-order valence-electron chi connectivity index (χ4n) is 1.98. The molecule has 0 saturated heterocycles. The van der Waals surface area contributed by atoms with Crippen molar-refractivity contribution in [1.82, 2.24) is 14.5 Å². The highest BCUT2D eigenvalue weighted by Crippen LogP contribution is 2.17. The van der Waals surface area contributed by atoms with E-state index in [2.05, 4.69) is 17.4 Å². The van der Waals surface area contributed by atoms with Crippen LogP contribution in [0.4, 0.5) is 5.69 Å². The molecule has 0 fully saturated rings. The highest BCUT2D eigenvalue weighted by molar-refractivity contribution is 6.32. The molecule has 0 unspecified atom stereocenters. The molecule has 0 atom stereocenters. The van der Waals surface area contributed by atoms with Gasteiger partial charge in [-0.1, -0.05) is 24.9 Å². The van der Waals surface area contributed by atoms with E-state index in [4.69, 9.17) is 11.6 Å². The zero-order valence-corrected chi connectivity index (χ0v) is 12.7. The van der Waals surface area contributed by atoms with Crippen molar-refractivity contribution >= 4 is 17.3 Å². The lowest BCUT2D eigenvalue weighted by Gasteiger charge is -2.14. The molecule has 0 aliphatic carbocycles. The van der Waals surface area contributed by atoms with Gasteiger partial charge in [0.15, 0.2) is 0 Å². The number of hydrogen-bond acceptors (Lipinski definition) is 3. The standard InChI is InChI=1S/C14H19ClN4O/c1-4-5-8-18-14(20)13(15)12(9-16-18)17-19-10(2)6-7-11(19)3/h6-7,9,17H,4-5,8H2,1-3H3. The van der Waals surface area contributed by atoms with Gasteiger partial charge in [0, 0.05) is 17.9 Å². The Morgan fingerprint density at radius 3 is 2.55 bits per heavy atom. The van der Waals surface area contributed by atoms with Crippen LogP contribution in [0.3, 0.4) is 0 Å². The quantitative estimate of drug-likeness (QED) is 0.922. The average molecular weight is 295 g/mol. The number of halogens is 1. The minimum absolute atomic E-state index is 0.170. The molecule has 2 heterocycles. The van der Waals surface area contributed by atoms with Crippen LogP contribution in [0.2, 0.25) is 5.02 Å². The SMILES string of the molecule is CCCCn1ncc(Nn2c(C)ccc2C)c(Cl)c1=O. The predicted molar refractivity (Wildman–Crippen MR) is 81.3 cm³/mol. The minimum Gasteiger partial charge on any atom is -0.291 e. The number of aryl methyl sites for hydroxylation is 3. The van der Waals surface area contributed by atoms with Gasteiger partial charge in [-0.15, -0.1) is 0 Å². The van der Waals surface area contributed by atoms with Crippen molar-refractivity contribution in [2.45, 2.75) is 40.2 Å². The molecule has 0 spiro atoms. The van der Waals surface area contributed by atoms with Crippen LogP contribution in [-0.4, -0.2) is 14.5 Å². The fourth-order valence-corrected chi connectivity index (χ4v) is 2.16. The number of hydrogen-bond donors (Lipinski definition) is 1. The van der Waals surface area contributed by atoms with Crippen molar-refractivity contribution < 1.29 is 0 Å².